The van der Waals surface area contributed by atoms with Gasteiger partial charge in [0.2, 0.25) is 5.75 Å². The number of hydrogen-bond acceptors (Lipinski definition) is 5. The number of piperidine rings is 1. The van der Waals surface area contributed by atoms with Crippen LogP contribution in [0.3, 0.4) is 0 Å². The Hall–Kier alpha value is -1.95. The molecule has 1 aromatic carbocycles. The molecule has 1 amide bonds. The van der Waals surface area contributed by atoms with Crippen LogP contribution in [-0.4, -0.2) is 57.8 Å². The molecule has 146 valence electrons. The number of amides is 1. The average molecular weight is 364 g/mol. The molecule has 1 aliphatic heterocycles. The Morgan fingerprint density at radius 2 is 1.85 bits per heavy atom. The minimum Gasteiger partial charge on any atom is -0.493 e. The number of nitrogens with zero attached hydrogens (tertiary/aromatic N) is 1. The van der Waals surface area contributed by atoms with Gasteiger partial charge in [-0.2, -0.15) is 0 Å². The Bertz CT molecular complexity index is 566. The van der Waals surface area contributed by atoms with Gasteiger partial charge in [-0.1, -0.05) is 13.3 Å². The lowest BCUT2D eigenvalue weighted by atomic mass is 10.00. The third-order valence-electron chi connectivity index (χ3n) is 5.05. The van der Waals surface area contributed by atoms with Crippen molar-refractivity contribution in [1.82, 2.24) is 10.2 Å². The average Bonchev–Trinajstić information content (AvgIpc) is 2.69. The SMILES string of the molecule is CCC1CCCCN1CCCNC(=O)c1cc(OC)c(OC)c(OC)c1. The minimum atomic E-state index is -0.130. The molecule has 0 aromatic heterocycles. The molecule has 1 heterocycles. The Kier molecular flexibility index (Phi) is 8.04. The molecular weight excluding hydrogens is 332 g/mol. The summed E-state index contributed by atoms with van der Waals surface area (Å²) in [6.07, 6.45) is 6.08. The van der Waals surface area contributed by atoms with Crippen LogP contribution in [-0.2, 0) is 0 Å². The Morgan fingerprint density at radius 3 is 2.42 bits per heavy atom. The van der Waals surface area contributed by atoms with Crippen molar-refractivity contribution in [2.24, 2.45) is 0 Å². The van der Waals surface area contributed by atoms with Gasteiger partial charge in [-0.15, -0.1) is 0 Å². The Labute approximate surface area is 156 Å². The first-order valence-electron chi connectivity index (χ1n) is 9.46. The van der Waals surface area contributed by atoms with Crippen molar-refractivity contribution < 1.29 is 19.0 Å². The topological polar surface area (TPSA) is 60.0 Å². The highest BCUT2D eigenvalue weighted by Crippen LogP contribution is 2.38. The van der Waals surface area contributed by atoms with Gasteiger partial charge in [-0.3, -0.25) is 4.79 Å². The van der Waals surface area contributed by atoms with Gasteiger partial charge in [0, 0.05) is 24.7 Å². The van der Waals surface area contributed by atoms with Crippen LogP contribution in [0.1, 0.15) is 49.4 Å². The highest BCUT2D eigenvalue weighted by atomic mass is 16.5. The van der Waals surface area contributed by atoms with E-state index >= 15 is 0 Å². The van der Waals surface area contributed by atoms with E-state index in [0.29, 0.717) is 35.4 Å². The molecule has 1 aromatic rings. The molecule has 0 spiro atoms. The summed E-state index contributed by atoms with van der Waals surface area (Å²) in [5.74, 6) is 1.32. The van der Waals surface area contributed by atoms with Crippen molar-refractivity contribution in [3.8, 4) is 17.2 Å². The summed E-state index contributed by atoms with van der Waals surface area (Å²) in [6.45, 7) is 5.13. The largest absolute Gasteiger partial charge is 0.493 e. The van der Waals surface area contributed by atoms with E-state index in [9.17, 15) is 4.79 Å². The number of methoxy groups -OCH3 is 3. The number of likely N-dealkylation sites (tertiary alicyclic amines) is 1. The lowest BCUT2D eigenvalue weighted by Gasteiger charge is -2.35. The van der Waals surface area contributed by atoms with Gasteiger partial charge in [0.05, 0.1) is 21.3 Å². The molecule has 1 unspecified atom stereocenters. The molecule has 1 saturated heterocycles. The molecular formula is C20H32N2O4. The summed E-state index contributed by atoms with van der Waals surface area (Å²) in [5.41, 5.74) is 0.504. The van der Waals surface area contributed by atoms with Crippen molar-refractivity contribution in [3.63, 3.8) is 0 Å². The fourth-order valence-electron chi connectivity index (χ4n) is 3.62. The van der Waals surface area contributed by atoms with Crippen molar-refractivity contribution in [2.45, 2.75) is 45.1 Å². The summed E-state index contributed by atoms with van der Waals surface area (Å²) in [6, 6.07) is 4.05. The number of nitrogens with one attached hydrogen (secondary N) is 1. The molecule has 2 rings (SSSR count). The highest BCUT2D eigenvalue weighted by Gasteiger charge is 2.20. The van der Waals surface area contributed by atoms with Crippen LogP contribution in [0.2, 0.25) is 0 Å². The monoisotopic (exact) mass is 364 g/mol. The van der Waals surface area contributed by atoms with Crippen LogP contribution >= 0.6 is 0 Å². The zero-order valence-corrected chi connectivity index (χ0v) is 16.5. The summed E-state index contributed by atoms with van der Waals surface area (Å²) in [4.78, 5) is 15.0. The lowest BCUT2D eigenvalue weighted by molar-refractivity contribution is 0.0946. The summed E-state index contributed by atoms with van der Waals surface area (Å²) in [7, 11) is 4.63. The van der Waals surface area contributed by atoms with Gasteiger partial charge in [0.1, 0.15) is 0 Å². The van der Waals surface area contributed by atoms with E-state index in [1.54, 1.807) is 33.5 Å². The van der Waals surface area contributed by atoms with Crippen molar-refractivity contribution in [2.75, 3.05) is 41.0 Å². The van der Waals surface area contributed by atoms with E-state index in [4.69, 9.17) is 14.2 Å². The number of benzene rings is 1. The predicted octanol–water partition coefficient (Wildman–Crippen LogP) is 3.10. The maximum absolute atomic E-state index is 12.5. The fourth-order valence-corrected chi connectivity index (χ4v) is 3.62. The second-order valence-corrected chi connectivity index (χ2v) is 6.62. The molecule has 1 aliphatic rings. The molecule has 6 heteroatoms. The number of carbonyl (C=O) groups is 1. The molecule has 1 fully saturated rings. The van der Waals surface area contributed by atoms with Gasteiger partial charge in [-0.05, 0) is 44.4 Å². The summed E-state index contributed by atoms with van der Waals surface area (Å²) >= 11 is 0. The quantitative estimate of drug-likeness (QED) is 0.682. The van der Waals surface area contributed by atoms with E-state index in [-0.39, 0.29) is 5.91 Å². The van der Waals surface area contributed by atoms with Crippen LogP contribution in [0.4, 0.5) is 0 Å². The Morgan fingerprint density at radius 1 is 1.15 bits per heavy atom. The normalized spacial score (nSPS) is 17.6. The standard InChI is InChI=1S/C20H32N2O4/c1-5-16-9-6-7-11-22(16)12-8-10-21-20(23)15-13-17(24-2)19(26-4)18(14-15)25-3/h13-14,16H,5-12H2,1-4H3,(H,21,23). The molecule has 0 radical (unpaired) electrons. The number of ether oxygens (including phenoxy) is 3. The van der Waals surface area contributed by atoms with Crippen LogP contribution in [0.5, 0.6) is 17.2 Å². The second kappa shape index (κ2) is 10.3. The summed E-state index contributed by atoms with van der Waals surface area (Å²) in [5, 5.41) is 2.99. The summed E-state index contributed by atoms with van der Waals surface area (Å²) < 4.78 is 15.9. The first-order chi connectivity index (χ1) is 12.6. The number of hydrogen-bond donors (Lipinski definition) is 1. The van der Waals surface area contributed by atoms with Crippen molar-refractivity contribution >= 4 is 5.91 Å². The predicted molar refractivity (Wildman–Crippen MR) is 103 cm³/mol. The lowest BCUT2D eigenvalue weighted by Crippen LogP contribution is -2.40. The zero-order chi connectivity index (χ0) is 18.9. The first-order valence-corrected chi connectivity index (χ1v) is 9.46. The van der Waals surface area contributed by atoms with E-state index < -0.39 is 0 Å². The highest BCUT2D eigenvalue weighted by molar-refractivity contribution is 5.95. The van der Waals surface area contributed by atoms with E-state index in [2.05, 4.69) is 17.1 Å². The van der Waals surface area contributed by atoms with Gasteiger partial charge in [0.15, 0.2) is 11.5 Å². The van der Waals surface area contributed by atoms with E-state index in [1.165, 1.54) is 32.2 Å². The smallest absolute Gasteiger partial charge is 0.251 e. The van der Waals surface area contributed by atoms with Crippen molar-refractivity contribution in [3.05, 3.63) is 17.7 Å². The maximum Gasteiger partial charge on any atom is 0.251 e. The molecule has 0 aliphatic carbocycles. The van der Waals surface area contributed by atoms with E-state index in [1.807, 2.05) is 0 Å². The first kappa shape index (κ1) is 20.4. The minimum absolute atomic E-state index is 0.130. The molecule has 26 heavy (non-hydrogen) atoms. The van der Waals surface area contributed by atoms with Crippen LogP contribution in [0, 0.1) is 0 Å². The van der Waals surface area contributed by atoms with Gasteiger partial charge >= 0.3 is 0 Å². The van der Waals surface area contributed by atoms with Gasteiger partial charge in [-0.25, -0.2) is 0 Å². The third-order valence-corrected chi connectivity index (χ3v) is 5.05. The molecule has 1 atom stereocenters. The van der Waals surface area contributed by atoms with Crippen LogP contribution in [0.25, 0.3) is 0 Å². The maximum atomic E-state index is 12.5. The van der Waals surface area contributed by atoms with E-state index in [0.717, 1.165) is 13.0 Å². The molecule has 1 N–H and O–H groups in total. The fraction of sp³-hybridized carbons (Fsp3) is 0.650. The Balaban J connectivity index is 1.89. The van der Waals surface area contributed by atoms with Crippen LogP contribution < -0.4 is 19.5 Å². The second-order valence-electron chi connectivity index (χ2n) is 6.62. The van der Waals surface area contributed by atoms with Gasteiger partial charge < -0.3 is 24.4 Å². The molecule has 0 saturated carbocycles. The van der Waals surface area contributed by atoms with Crippen LogP contribution in [0.15, 0.2) is 12.1 Å². The zero-order valence-electron chi connectivity index (χ0n) is 16.5. The number of rotatable bonds is 9. The van der Waals surface area contributed by atoms with Gasteiger partial charge in [0.25, 0.3) is 5.91 Å². The third kappa shape index (κ3) is 5.04. The molecule has 0 bridgehead atoms. The van der Waals surface area contributed by atoms with Crippen molar-refractivity contribution in [1.29, 1.82) is 0 Å². The number of carbonyl (C=O) groups excluding carboxylic acids is 1. The molecule has 6 nitrogen and oxygen atoms in total.